The van der Waals surface area contributed by atoms with Crippen LogP contribution in [0.5, 0.6) is 0 Å². The van der Waals surface area contributed by atoms with Gasteiger partial charge < -0.3 is 10.6 Å². The van der Waals surface area contributed by atoms with Crippen molar-refractivity contribution in [3.05, 3.63) is 41.7 Å². The van der Waals surface area contributed by atoms with Crippen LogP contribution in [0.15, 0.2) is 30.5 Å². The summed E-state index contributed by atoms with van der Waals surface area (Å²) in [5, 5.41) is 15.1. The number of nitrogens with zero attached hydrogens (tertiary/aromatic N) is 3. The van der Waals surface area contributed by atoms with E-state index in [1.54, 1.807) is 20.8 Å². The summed E-state index contributed by atoms with van der Waals surface area (Å²) >= 11 is 0. The molecule has 9 nitrogen and oxygen atoms in total. The van der Waals surface area contributed by atoms with Gasteiger partial charge in [0.15, 0.2) is 5.69 Å². The molecule has 12 heteroatoms. The molecule has 1 aromatic carbocycles. The van der Waals surface area contributed by atoms with E-state index in [4.69, 9.17) is 0 Å². The van der Waals surface area contributed by atoms with Gasteiger partial charge in [0.05, 0.1) is 24.0 Å². The standard InChI is InChI=1S/C18H19F3N6O3/c1-16(2,3)17(14(29)24-15(30)25-17)9-22-13(28)12-8-23-27(26-12)11-6-4-10(5-7-11)18(19,20)21/h4-8H,9H2,1-3H3,(H,22,28)(H2,24,25,29,30). The average molecular weight is 424 g/mol. The zero-order valence-electron chi connectivity index (χ0n) is 16.3. The summed E-state index contributed by atoms with van der Waals surface area (Å²) in [6, 6.07) is 3.46. The number of nitrogens with one attached hydrogen (secondary N) is 3. The quantitative estimate of drug-likeness (QED) is 0.645. The molecule has 1 unspecified atom stereocenters. The first-order chi connectivity index (χ1) is 13.8. The Labute approximate surface area is 169 Å². The van der Waals surface area contributed by atoms with E-state index < -0.39 is 40.5 Å². The molecule has 1 aliphatic heterocycles. The molecule has 3 rings (SSSR count). The van der Waals surface area contributed by atoms with Gasteiger partial charge in [-0.2, -0.15) is 23.1 Å². The maximum Gasteiger partial charge on any atom is 0.416 e. The van der Waals surface area contributed by atoms with E-state index in [1.807, 2.05) is 0 Å². The molecule has 1 atom stereocenters. The van der Waals surface area contributed by atoms with E-state index >= 15 is 0 Å². The molecule has 1 aromatic heterocycles. The highest BCUT2D eigenvalue weighted by molar-refractivity contribution is 6.08. The molecule has 0 aliphatic carbocycles. The Morgan fingerprint density at radius 2 is 1.80 bits per heavy atom. The van der Waals surface area contributed by atoms with Crippen LogP contribution in [0.25, 0.3) is 5.69 Å². The van der Waals surface area contributed by atoms with Crippen LogP contribution < -0.4 is 16.0 Å². The van der Waals surface area contributed by atoms with Crippen molar-refractivity contribution in [2.75, 3.05) is 6.54 Å². The lowest BCUT2D eigenvalue weighted by Gasteiger charge is -2.38. The number of aromatic nitrogens is 3. The van der Waals surface area contributed by atoms with Crippen molar-refractivity contribution >= 4 is 17.8 Å². The van der Waals surface area contributed by atoms with Crippen molar-refractivity contribution in [1.82, 2.24) is 30.9 Å². The van der Waals surface area contributed by atoms with Crippen molar-refractivity contribution in [3.63, 3.8) is 0 Å². The highest BCUT2D eigenvalue weighted by Crippen LogP contribution is 2.32. The van der Waals surface area contributed by atoms with E-state index in [1.165, 1.54) is 12.1 Å². The summed E-state index contributed by atoms with van der Waals surface area (Å²) in [5.74, 6) is -1.22. The molecule has 1 saturated heterocycles. The first kappa shape index (κ1) is 21.3. The molecule has 0 saturated carbocycles. The van der Waals surface area contributed by atoms with Gasteiger partial charge in [0.1, 0.15) is 5.54 Å². The van der Waals surface area contributed by atoms with Gasteiger partial charge in [0.25, 0.3) is 11.8 Å². The van der Waals surface area contributed by atoms with Crippen LogP contribution in [0.2, 0.25) is 0 Å². The number of carbonyl (C=O) groups excluding carboxylic acids is 3. The fraction of sp³-hybridized carbons (Fsp3) is 0.389. The van der Waals surface area contributed by atoms with Gasteiger partial charge in [0.2, 0.25) is 0 Å². The highest BCUT2D eigenvalue weighted by atomic mass is 19.4. The van der Waals surface area contributed by atoms with E-state index in [0.717, 1.165) is 23.1 Å². The molecule has 3 N–H and O–H groups in total. The molecule has 0 radical (unpaired) electrons. The van der Waals surface area contributed by atoms with Crippen LogP contribution in [-0.4, -0.2) is 44.9 Å². The SMILES string of the molecule is CC(C)(C)C1(CNC(=O)c2cnn(-c3ccc(C(F)(F)F)cc3)n2)NC(=O)NC1=O. The van der Waals surface area contributed by atoms with Crippen LogP contribution in [0.4, 0.5) is 18.0 Å². The first-order valence-corrected chi connectivity index (χ1v) is 8.85. The molecular formula is C18H19F3N6O3. The van der Waals surface area contributed by atoms with Gasteiger partial charge >= 0.3 is 12.2 Å². The number of rotatable bonds is 4. The smallest absolute Gasteiger partial charge is 0.348 e. The summed E-state index contributed by atoms with van der Waals surface area (Å²) < 4.78 is 38.0. The van der Waals surface area contributed by atoms with E-state index in [9.17, 15) is 27.6 Å². The zero-order chi connectivity index (χ0) is 22.3. The summed E-state index contributed by atoms with van der Waals surface area (Å²) in [6.07, 6.45) is -3.32. The Kier molecular flexibility index (Phi) is 5.04. The fourth-order valence-corrected chi connectivity index (χ4v) is 2.99. The predicted octanol–water partition coefficient (Wildman–Crippen LogP) is 1.64. The summed E-state index contributed by atoms with van der Waals surface area (Å²) in [6.45, 7) is 5.03. The third kappa shape index (κ3) is 3.84. The van der Waals surface area contributed by atoms with Gasteiger partial charge in [-0.15, -0.1) is 5.10 Å². The summed E-state index contributed by atoms with van der Waals surface area (Å²) in [5.41, 5.74) is -2.77. The number of benzene rings is 1. The van der Waals surface area contributed by atoms with E-state index in [-0.39, 0.29) is 17.9 Å². The van der Waals surface area contributed by atoms with Crippen molar-refractivity contribution in [2.45, 2.75) is 32.5 Å². The minimum atomic E-state index is -4.47. The topological polar surface area (TPSA) is 118 Å². The maximum atomic E-state index is 12.7. The van der Waals surface area contributed by atoms with Crippen molar-refractivity contribution in [1.29, 1.82) is 0 Å². The van der Waals surface area contributed by atoms with Gasteiger partial charge in [-0.1, -0.05) is 20.8 Å². The molecule has 0 bridgehead atoms. The van der Waals surface area contributed by atoms with Crippen LogP contribution in [0, 0.1) is 5.41 Å². The lowest BCUT2D eigenvalue weighted by molar-refractivity contribution is -0.137. The summed E-state index contributed by atoms with van der Waals surface area (Å²) in [4.78, 5) is 37.4. The third-order valence-corrected chi connectivity index (χ3v) is 4.89. The van der Waals surface area contributed by atoms with Gasteiger partial charge in [-0.25, -0.2) is 4.79 Å². The Morgan fingerprint density at radius 1 is 1.17 bits per heavy atom. The number of hydrogen-bond acceptors (Lipinski definition) is 5. The van der Waals surface area contributed by atoms with Gasteiger partial charge in [-0.05, 0) is 29.7 Å². The molecule has 30 heavy (non-hydrogen) atoms. The number of amides is 4. The van der Waals surface area contributed by atoms with Gasteiger partial charge in [0, 0.05) is 0 Å². The predicted molar refractivity (Wildman–Crippen MR) is 97.6 cm³/mol. The lowest BCUT2D eigenvalue weighted by atomic mass is 9.73. The lowest BCUT2D eigenvalue weighted by Crippen LogP contribution is -2.63. The second kappa shape index (κ2) is 7.11. The zero-order valence-corrected chi connectivity index (χ0v) is 16.3. The van der Waals surface area contributed by atoms with Crippen molar-refractivity contribution in [2.24, 2.45) is 5.41 Å². The van der Waals surface area contributed by atoms with Crippen LogP contribution >= 0.6 is 0 Å². The number of imide groups is 1. The molecule has 1 fully saturated rings. The van der Waals surface area contributed by atoms with E-state index in [2.05, 4.69) is 26.1 Å². The molecule has 160 valence electrons. The molecule has 1 aliphatic rings. The second-order valence-corrected chi connectivity index (χ2v) is 7.81. The third-order valence-electron chi connectivity index (χ3n) is 4.89. The van der Waals surface area contributed by atoms with E-state index in [0.29, 0.717) is 0 Å². The molecule has 2 aromatic rings. The largest absolute Gasteiger partial charge is 0.416 e. The average Bonchev–Trinajstić information content (AvgIpc) is 3.24. The molecule has 0 spiro atoms. The van der Waals surface area contributed by atoms with Crippen LogP contribution in [0.1, 0.15) is 36.8 Å². The van der Waals surface area contributed by atoms with Crippen LogP contribution in [-0.2, 0) is 11.0 Å². The highest BCUT2D eigenvalue weighted by Gasteiger charge is 2.54. The Morgan fingerprint density at radius 3 is 2.30 bits per heavy atom. The minimum absolute atomic E-state index is 0.108. The normalized spacial score (nSPS) is 19.4. The Balaban J connectivity index is 1.74. The fourth-order valence-electron chi connectivity index (χ4n) is 2.99. The molecular weight excluding hydrogens is 405 g/mol. The number of carbonyl (C=O) groups is 3. The van der Waals surface area contributed by atoms with Crippen molar-refractivity contribution in [3.8, 4) is 5.69 Å². The summed E-state index contributed by atoms with van der Waals surface area (Å²) in [7, 11) is 0. The molecule has 2 heterocycles. The number of urea groups is 1. The monoisotopic (exact) mass is 424 g/mol. The maximum absolute atomic E-state index is 12.7. The van der Waals surface area contributed by atoms with Crippen LogP contribution in [0.3, 0.4) is 0 Å². The number of alkyl halides is 3. The Hall–Kier alpha value is -3.44. The number of halogens is 3. The second-order valence-electron chi connectivity index (χ2n) is 7.81. The first-order valence-electron chi connectivity index (χ1n) is 8.85. The van der Waals surface area contributed by atoms with Crippen molar-refractivity contribution < 1.29 is 27.6 Å². The minimum Gasteiger partial charge on any atom is -0.348 e. The molecule has 4 amide bonds. The van der Waals surface area contributed by atoms with Gasteiger partial charge in [-0.3, -0.25) is 14.9 Å². The Bertz CT molecular complexity index is 994. The number of hydrogen-bond donors (Lipinski definition) is 3.